The number of nitrogens with zero attached hydrogens (tertiary/aromatic N) is 1. The predicted octanol–water partition coefficient (Wildman–Crippen LogP) is -1.52. The van der Waals surface area contributed by atoms with E-state index in [4.69, 9.17) is 32.5 Å². The third-order valence-corrected chi connectivity index (χ3v) is 5.02. The number of guanidine groups is 1. The van der Waals surface area contributed by atoms with E-state index in [0.717, 1.165) is 12.0 Å². The van der Waals surface area contributed by atoms with Crippen molar-refractivity contribution in [3.8, 4) is 0 Å². The molecule has 1 rings (SSSR count). The molecule has 0 aliphatic heterocycles. The van der Waals surface area contributed by atoms with E-state index in [9.17, 15) is 28.8 Å². The van der Waals surface area contributed by atoms with Crippen molar-refractivity contribution in [3.63, 3.8) is 0 Å². The molecule has 1 aromatic heterocycles. The van der Waals surface area contributed by atoms with E-state index in [1.165, 1.54) is 20.8 Å². The van der Waals surface area contributed by atoms with Crippen LogP contribution >= 0.6 is 0 Å². The van der Waals surface area contributed by atoms with Crippen LogP contribution in [0.5, 0.6) is 0 Å². The van der Waals surface area contributed by atoms with Gasteiger partial charge in [0.2, 0.25) is 17.7 Å². The van der Waals surface area contributed by atoms with Gasteiger partial charge in [0, 0.05) is 46.1 Å². The maximum atomic E-state index is 10.7. The molecule has 1 heterocycles. The van der Waals surface area contributed by atoms with Gasteiger partial charge in [-0.15, -0.1) is 0 Å². The van der Waals surface area contributed by atoms with E-state index in [1.807, 2.05) is 0 Å². The molecule has 3 atom stereocenters. The fourth-order valence-corrected chi connectivity index (χ4v) is 3.17. The van der Waals surface area contributed by atoms with Crippen molar-refractivity contribution in [1.82, 2.24) is 20.9 Å². The molecule has 17 nitrogen and oxygen atoms in total. The molecule has 0 saturated carbocycles. The summed E-state index contributed by atoms with van der Waals surface area (Å²) in [7, 11) is 0. The molecule has 0 aliphatic carbocycles. The summed E-state index contributed by atoms with van der Waals surface area (Å²) in [6.07, 6.45) is 6.43. The number of nitrogens with two attached hydrogens (primary N) is 3. The number of aromatic nitrogens is 1. The Labute approximate surface area is 243 Å². The van der Waals surface area contributed by atoms with Crippen molar-refractivity contribution in [2.45, 2.75) is 77.4 Å². The molecule has 0 aromatic carbocycles. The molecule has 3 unspecified atom stereocenters. The Morgan fingerprint density at radius 2 is 1.24 bits per heavy atom. The second-order valence-electron chi connectivity index (χ2n) is 8.93. The van der Waals surface area contributed by atoms with E-state index in [1.54, 1.807) is 18.5 Å². The first kappa shape index (κ1) is 39.5. The first-order valence-electron chi connectivity index (χ1n) is 13.0. The number of aliphatic carboxylic acids is 3. The highest BCUT2D eigenvalue weighted by Gasteiger charge is 2.19. The third-order valence-electron chi connectivity index (χ3n) is 5.02. The lowest BCUT2D eigenvalue weighted by atomic mass is 10.1. The van der Waals surface area contributed by atoms with Gasteiger partial charge in [0.1, 0.15) is 18.1 Å². The number of amides is 3. The van der Waals surface area contributed by atoms with Crippen LogP contribution in [0.3, 0.4) is 0 Å². The Balaban J connectivity index is 0. The molecule has 3 amide bonds. The summed E-state index contributed by atoms with van der Waals surface area (Å²) in [5.41, 5.74) is 16.3. The molecule has 0 aliphatic rings. The second kappa shape index (κ2) is 23.1. The summed E-state index contributed by atoms with van der Waals surface area (Å²) in [6.45, 7) is 4.77. The van der Waals surface area contributed by atoms with Gasteiger partial charge in [-0.2, -0.15) is 0 Å². The zero-order valence-corrected chi connectivity index (χ0v) is 24.1. The average Bonchev–Trinajstić information content (AvgIpc) is 3.38. The van der Waals surface area contributed by atoms with Crippen LogP contribution in [-0.2, 0) is 35.2 Å². The summed E-state index contributed by atoms with van der Waals surface area (Å²) < 4.78 is 0. The van der Waals surface area contributed by atoms with Gasteiger partial charge in [0.15, 0.2) is 5.96 Å². The maximum absolute atomic E-state index is 10.7. The minimum atomic E-state index is -1.06. The van der Waals surface area contributed by atoms with Crippen molar-refractivity contribution in [2.75, 3.05) is 13.1 Å². The smallest absolute Gasteiger partial charge is 0.326 e. The first-order chi connectivity index (χ1) is 19.6. The number of hydrogen-bond donors (Lipinski definition) is 10. The zero-order valence-electron chi connectivity index (χ0n) is 24.1. The first-order valence-corrected chi connectivity index (χ1v) is 13.0. The molecule has 0 bridgehead atoms. The molecule has 17 heteroatoms. The summed E-state index contributed by atoms with van der Waals surface area (Å²) in [6, 6.07) is -0.735. The maximum Gasteiger partial charge on any atom is 0.326 e. The van der Waals surface area contributed by atoms with E-state index in [0.29, 0.717) is 45.2 Å². The minimum Gasteiger partial charge on any atom is -0.480 e. The molecule has 0 saturated heterocycles. The Bertz CT molecular complexity index is 1010. The normalized spacial score (nSPS) is 11.9. The molecule has 0 fully saturated rings. The number of aliphatic imine (C=N–C) groups is 1. The van der Waals surface area contributed by atoms with Gasteiger partial charge in [0.05, 0.1) is 0 Å². The number of rotatable bonds is 16. The lowest BCUT2D eigenvalue weighted by molar-refractivity contribution is -0.142. The highest BCUT2D eigenvalue weighted by molar-refractivity contribution is 5.83. The number of nitrogens with one attached hydrogen (secondary N) is 4. The Kier molecular flexibility index (Phi) is 21.7. The van der Waals surface area contributed by atoms with Crippen LogP contribution in [-0.4, -0.2) is 93.1 Å². The predicted molar refractivity (Wildman–Crippen MR) is 153 cm³/mol. The zero-order chi connectivity index (χ0) is 32.7. The number of aromatic amines is 1. The number of unbranched alkanes of at least 4 members (excludes halogenated alkanes) is 1. The minimum absolute atomic E-state index is 0.0265. The van der Waals surface area contributed by atoms with E-state index in [2.05, 4.69) is 25.9 Å². The second-order valence-corrected chi connectivity index (χ2v) is 8.93. The van der Waals surface area contributed by atoms with E-state index >= 15 is 0 Å². The number of carboxylic acid groups (broad SMARTS) is 3. The lowest BCUT2D eigenvalue weighted by Gasteiger charge is -2.12. The van der Waals surface area contributed by atoms with Gasteiger partial charge in [0.25, 0.3) is 0 Å². The summed E-state index contributed by atoms with van der Waals surface area (Å²) >= 11 is 0. The van der Waals surface area contributed by atoms with Crippen molar-refractivity contribution in [1.29, 1.82) is 0 Å². The average molecular weight is 601 g/mol. The number of carboxylic acids is 3. The topological polar surface area (TPSA) is 305 Å². The SMILES string of the molecule is CC(=O)NC(CCCCN)C(=O)O.CC(=O)NC(CCCN=C(N)N)C(=O)O.CC(=O)NC(Cc1cc[nH]c1)C(=O)O. The van der Waals surface area contributed by atoms with E-state index < -0.39 is 36.0 Å². The van der Waals surface area contributed by atoms with Gasteiger partial charge < -0.3 is 53.5 Å². The molecular formula is C25H44N8O9. The lowest BCUT2D eigenvalue weighted by Crippen LogP contribution is -2.41. The van der Waals surface area contributed by atoms with Gasteiger partial charge in [-0.05, 0) is 50.3 Å². The van der Waals surface area contributed by atoms with Crippen LogP contribution < -0.4 is 33.2 Å². The number of carbonyl (C=O) groups is 6. The largest absolute Gasteiger partial charge is 0.480 e. The number of hydrogen-bond acceptors (Lipinski definition) is 8. The van der Waals surface area contributed by atoms with Crippen LogP contribution in [0.1, 0.15) is 58.4 Å². The summed E-state index contributed by atoms with van der Waals surface area (Å²) in [5, 5.41) is 33.2. The molecule has 238 valence electrons. The highest BCUT2D eigenvalue weighted by atomic mass is 16.4. The monoisotopic (exact) mass is 600 g/mol. The standard InChI is InChI=1S/C9H12N2O3.C8H16N4O3.C8H16N2O3/c1-6(12)11-8(9(13)14)4-7-2-3-10-5-7;1-5(13)12-6(7(14)15)3-2-4-11-8(9)10;1-6(11)10-7(8(12)13)4-2-3-5-9/h2-3,5,8,10H,4H2,1H3,(H,11,12)(H,13,14);6H,2-4H2,1H3,(H,12,13)(H,14,15)(H4,9,10,11);7H,2-5,9H2,1H3,(H,10,11)(H,12,13). The van der Waals surface area contributed by atoms with Crippen LogP contribution in [0.2, 0.25) is 0 Å². The molecule has 13 N–H and O–H groups in total. The molecule has 1 aromatic rings. The number of carbonyl (C=O) groups excluding carboxylic acids is 3. The van der Waals surface area contributed by atoms with Crippen LogP contribution in [0.15, 0.2) is 23.5 Å². The molecule has 0 radical (unpaired) electrons. The van der Waals surface area contributed by atoms with Gasteiger partial charge in [-0.3, -0.25) is 19.4 Å². The number of H-pyrrole nitrogens is 1. The van der Waals surface area contributed by atoms with Crippen molar-refractivity contribution in [2.24, 2.45) is 22.2 Å². The Morgan fingerprint density at radius 1 is 0.786 bits per heavy atom. The molecule has 42 heavy (non-hydrogen) atoms. The van der Waals surface area contributed by atoms with Crippen LogP contribution in [0, 0.1) is 0 Å². The van der Waals surface area contributed by atoms with Crippen LogP contribution in [0.4, 0.5) is 0 Å². The van der Waals surface area contributed by atoms with Crippen LogP contribution in [0.25, 0.3) is 0 Å². The quantitative estimate of drug-likeness (QED) is 0.0587. The Hall–Kier alpha value is -4.67. The fourth-order valence-electron chi connectivity index (χ4n) is 3.17. The highest BCUT2D eigenvalue weighted by Crippen LogP contribution is 2.02. The Morgan fingerprint density at radius 3 is 1.60 bits per heavy atom. The van der Waals surface area contributed by atoms with Crippen molar-refractivity contribution in [3.05, 3.63) is 24.0 Å². The van der Waals surface area contributed by atoms with Gasteiger partial charge in [-0.25, -0.2) is 14.4 Å². The van der Waals surface area contributed by atoms with Gasteiger partial charge >= 0.3 is 17.9 Å². The summed E-state index contributed by atoms with van der Waals surface area (Å²) in [4.78, 5) is 70.5. The van der Waals surface area contributed by atoms with Crippen molar-refractivity contribution < 1.29 is 44.1 Å². The van der Waals surface area contributed by atoms with E-state index in [-0.39, 0.29) is 23.7 Å². The molecule has 0 spiro atoms. The summed E-state index contributed by atoms with van der Waals surface area (Å²) in [5.74, 6) is -4.14. The third kappa shape index (κ3) is 23.2. The fraction of sp³-hybridized carbons (Fsp3) is 0.560. The van der Waals surface area contributed by atoms with Crippen molar-refractivity contribution >= 4 is 41.6 Å². The molecular weight excluding hydrogens is 556 g/mol. The van der Waals surface area contributed by atoms with Gasteiger partial charge in [-0.1, -0.05) is 0 Å².